The van der Waals surface area contributed by atoms with Gasteiger partial charge in [0.2, 0.25) is 5.91 Å². The fourth-order valence-corrected chi connectivity index (χ4v) is 3.28. The zero-order chi connectivity index (χ0) is 20.5. The van der Waals surface area contributed by atoms with Crippen LogP contribution in [0.5, 0.6) is 0 Å². The standard InChI is InChI=1S/C17H14ClF3N4O2S/c1-9-11(5-6-27-9)15-23-24-16(25(15)2)28-8-14(26)22-13-7-10(17(19,20)21)3-4-12(13)18/h3-7H,8H2,1-2H3,(H,22,26). The summed E-state index contributed by atoms with van der Waals surface area (Å²) in [4.78, 5) is 12.2. The molecule has 0 aliphatic rings. The van der Waals surface area contributed by atoms with Gasteiger partial charge in [-0.05, 0) is 31.2 Å². The van der Waals surface area contributed by atoms with Gasteiger partial charge in [0.25, 0.3) is 0 Å². The lowest BCUT2D eigenvalue weighted by molar-refractivity contribution is -0.137. The molecule has 0 unspecified atom stereocenters. The first-order valence-electron chi connectivity index (χ1n) is 7.90. The molecule has 3 aromatic rings. The number of carbonyl (C=O) groups is 1. The van der Waals surface area contributed by atoms with Crippen LogP contribution in [0.15, 0.2) is 40.1 Å². The summed E-state index contributed by atoms with van der Waals surface area (Å²) < 4.78 is 45.4. The molecule has 0 saturated carbocycles. The van der Waals surface area contributed by atoms with E-state index in [-0.39, 0.29) is 16.5 Å². The predicted molar refractivity (Wildman–Crippen MR) is 99.2 cm³/mol. The first-order valence-corrected chi connectivity index (χ1v) is 9.26. The molecule has 0 aliphatic carbocycles. The molecule has 2 aromatic heterocycles. The van der Waals surface area contributed by atoms with Crippen molar-refractivity contribution in [3.8, 4) is 11.4 Å². The lowest BCUT2D eigenvalue weighted by Crippen LogP contribution is -2.16. The molecule has 1 amide bonds. The van der Waals surface area contributed by atoms with Crippen LogP contribution in [-0.2, 0) is 18.0 Å². The van der Waals surface area contributed by atoms with Crippen LogP contribution in [0.25, 0.3) is 11.4 Å². The third-order valence-corrected chi connectivity index (χ3v) is 5.18. The topological polar surface area (TPSA) is 72.9 Å². The number of alkyl halides is 3. The van der Waals surface area contributed by atoms with Crippen molar-refractivity contribution in [2.45, 2.75) is 18.3 Å². The van der Waals surface area contributed by atoms with E-state index in [2.05, 4.69) is 15.5 Å². The Balaban J connectivity index is 1.67. The predicted octanol–water partition coefficient (Wildman–Crippen LogP) is 4.79. The summed E-state index contributed by atoms with van der Waals surface area (Å²) in [6.07, 6.45) is -2.99. The van der Waals surface area contributed by atoms with Crippen molar-refractivity contribution in [3.05, 3.63) is 46.9 Å². The summed E-state index contributed by atoms with van der Waals surface area (Å²) in [5.74, 6) is 0.664. The van der Waals surface area contributed by atoms with Crippen molar-refractivity contribution in [2.75, 3.05) is 11.1 Å². The lowest BCUT2D eigenvalue weighted by atomic mass is 10.2. The van der Waals surface area contributed by atoms with E-state index in [0.717, 1.165) is 35.5 Å². The highest BCUT2D eigenvalue weighted by Gasteiger charge is 2.31. The molecular formula is C17H14ClF3N4O2S. The van der Waals surface area contributed by atoms with Crippen molar-refractivity contribution in [1.82, 2.24) is 14.8 Å². The highest BCUT2D eigenvalue weighted by Crippen LogP contribution is 2.34. The molecule has 148 valence electrons. The summed E-state index contributed by atoms with van der Waals surface area (Å²) in [5, 5.41) is 11.0. The van der Waals surface area contributed by atoms with Gasteiger partial charge in [-0.15, -0.1) is 10.2 Å². The second-order valence-electron chi connectivity index (χ2n) is 5.78. The van der Waals surface area contributed by atoms with Crippen LogP contribution < -0.4 is 5.32 Å². The molecule has 1 N–H and O–H groups in total. The van der Waals surface area contributed by atoms with Crippen molar-refractivity contribution < 1.29 is 22.4 Å². The van der Waals surface area contributed by atoms with E-state index < -0.39 is 17.6 Å². The smallest absolute Gasteiger partial charge is 0.416 e. The summed E-state index contributed by atoms with van der Waals surface area (Å²) >= 11 is 6.98. The van der Waals surface area contributed by atoms with Gasteiger partial charge in [0, 0.05) is 7.05 Å². The van der Waals surface area contributed by atoms with Gasteiger partial charge in [-0.3, -0.25) is 4.79 Å². The molecule has 3 rings (SSSR count). The van der Waals surface area contributed by atoms with Gasteiger partial charge in [-0.2, -0.15) is 13.2 Å². The van der Waals surface area contributed by atoms with Crippen LogP contribution in [0.4, 0.5) is 18.9 Å². The average Bonchev–Trinajstić information content (AvgIpc) is 3.19. The summed E-state index contributed by atoms with van der Waals surface area (Å²) in [5.41, 5.74) is -0.218. The Morgan fingerprint density at radius 2 is 2.07 bits per heavy atom. The number of carbonyl (C=O) groups excluding carboxylic acids is 1. The van der Waals surface area contributed by atoms with E-state index in [1.165, 1.54) is 0 Å². The zero-order valence-electron chi connectivity index (χ0n) is 14.7. The monoisotopic (exact) mass is 430 g/mol. The minimum atomic E-state index is -4.53. The number of anilines is 1. The van der Waals surface area contributed by atoms with Crippen LogP contribution in [0.3, 0.4) is 0 Å². The molecule has 2 heterocycles. The van der Waals surface area contributed by atoms with E-state index in [9.17, 15) is 18.0 Å². The average molecular weight is 431 g/mol. The molecule has 6 nitrogen and oxygen atoms in total. The number of thioether (sulfide) groups is 1. The number of nitrogens with zero attached hydrogens (tertiary/aromatic N) is 3. The third-order valence-electron chi connectivity index (χ3n) is 3.83. The molecule has 11 heteroatoms. The molecule has 0 radical (unpaired) electrons. The van der Waals surface area contributed by atoms with Gasteiger partial charge < -0.3 is 14.3 Å². The SMILES string of the molecule is Cc1occc1-c1nnc(SCC(=O)Nc2cc(C(F)(F)F)ccc2Cl)n1C. The molecule has 1 aromatic carbocycles. The van der Waals surface area contributed by atoms with Crippen LogP contribution in [-0.4, -0.2) is 26.4 Å². The van der Waals surface area contributed by atoms with E-state index in [4.69, 9.17) is 16.0 Å². The molecule has 0 aliphatic heterocycles. The maximum Gasteiger partial charge on any atom is 0.416 e. The van der Waals surface area contributed by atoms with E-state index in [1.807, 2.05) is 0 Å². The van der Waals surface area contributed by atoms with Gasteiger partial charge in [-0.1, -0.05) is 23.4 Å². The number of aryl methyl sites for hydroxylation is 1. The second kappa shape index (κ2) is 7.88. The molecule has 0 fully saturated rings. The number of rotatable bonds is 5. The number of hydrogen-bond donors (Lipinski definition) is 1. The molecule has 0 spiro atoms. The highest BCUT2D eigenvalue weighted by atomic mass is 35.5. The van der Waals surface area contributed by atoms with E-state index in [1.54, 1.807) is 30.9 Å². The Hall–Kier alpha value is -2.46. The van der Waals surface area contributed by atoms with E-state index >= 15 is 0 Å². The first kappa shape index (κ1) is 20.3. The number of furan rings is 1. The number of nitrogens with one attached hydrogen (secondary N) is 1. The normalized spacial score (nSPS) is 11.6. The lowest BCUT2D eigenvalue weighted by Gasteiger charge is -2.11. The molecule has 0 bridgehead atoms. The van der Waals surface area contributed by atoms with E-state index in [0.29, 0.717) is 16.7 Å². The maximum absolute atomic E-state index is 12.8. The Morgan fingerprint density at radius 1 is 1.32 bits per heavy atom. The van der Waals surface area contributed by atoms with Gasteiger partial charge in [0.05, 0.1) is 33.9 Å². The maximum atomic E-state index is 12.8. The second-order valence-corrected chi connectivity index (χ2v) is 7.13. The largest absolute Gasteiger partial charge is 0.469 e. The van der Waals surface area contributed by atoms with Crippen LogP contribution in [0, 0.1) is 6.92 Å². The van der Waals surface area contributed by atoms with Crippen molar-refractivity contribution in [2.24, 2.45) is 7.05 Å². The fraction of sp³-hybridized carbons (Fsp3) is 0.235. The Bertz CT molecular complexity index is 1020. The van der Waals surface area contributed by atoms with Crippen LogP contribution in [0.2, 0.25) is 5.02 Å². The summed E-state index contributed by atoms with van der Waals surface area (Å²) in [7, 11) is 1.74. The van der Waals surface area contributed by atoms with Gasteiger partial charge in [-0.25, -0.2) is 0 Å². The van der Waals surface area contributed by atoms with Crippen LogP contribution >= 0.6 is 23.4 Å². The van der Waals surface area contributed by atoms with Gasteiger partial charge in [0.1, 0.15) is 5.76 Å². The number of aromatic nitrogens is 3. The molecule has 0 saturated heterocycles. The molecular weight excluding hydrogens is 417 g/mol. The number of halogens is 4. The highest BCUT2D eigenvalue weighted by molar-refractivity contribution is 7.99. The summed E-state index contributed by atoms with van der Waals surface area (Å²) in [6, 6.07) is 4.50. The Kier molecular flexibility index (Phi) is 5.71. The van der Waals surface area contributed by atoms with Crippen molar-refractivity contribution in [3.63, 3.8) is 0 Å². The Labute approximate surface area is 167 Å². The minimum absolute atomic E-state index is 0.0164. The quantitative estimate of drug-likeness (QED) is 0.589. The number of benzene rings is 1. The third kappa shape index (κ3) is 4.33. The fourth-order valence-electron chi connectivity index (χ4n) is 2.41. The number of amides is 1. The minimum Gasteiger partial charge on any atom is -0.469 e. The number of hydrogen-bond acceptors (Lipinski definition) is 5. The van der Waals surface area contributed by atoms with Crippen molar-refractivity contribution in [1.29, 1.82) is 0 Å². The van der Waals surface area contributed by atoms with Crippen LogP contribution in [0.1, 0.15) is 11.3 Å². The van der Waals surface area contributed by atoms with Gasteiger partial charge in [0.15, 0.2) is 11.0 Å². The Morgan fingerprint density at radius 3 is 2.71 bits per heavy atom. The molecule has 28 heavy (non-hydrogen) atoms. The van der Waals surface area contributed by atoms with Crippen molar-refractivity contribution >= 4 is 35.0 Å². The summed E-state index contributed by atoms with van der Waals surface area (Å²) in [6.45, 7) is 1.79. The zero-order valence-corrected chi connectivity index (χ0v) is 16.2. The molecule has 0 atom stereocenters. The van der Waals surface area contributed by atoms with Gasteiger partial charge >= 0.3 is 6.18 Å². The first-order chi connectivity index (χ1) is 13.2.